The lowest BCUT2D eigenvalue weighted by Gasteiger charge is -2.17. The van der Waals surface area contributed by atoms with Gasteiger partial charge in [0, 0.05) is 10.0 Å². The molecule has 0 saturated heterocycles. The topological polar surface area (TPSA) is 68.3 Å². The summed E-state index contributed by atoms with van der Waals surface area (Å²) in [6.45, 7) is 2.58. The average Bonchev–Trinajstić information content (AvgIpc) is 2.86. The normalized spacial score (nSPS) is 12.3. The predicted octanol–water partition coefficient (Wildman–Crippen LogP) is 4.19. The summed E-state index contributed by atoms with van der Waals surface area (Å²) >= 11 is 12.1. The molecule has 0 radical (unpaired) electrons. The first kappa shape index (κ1) is 14.8. The van der Waals surface area contributed by atoms with Crippen LogP contribution in [0.1, 0.15) is 24.3 Å². The van der Waals surface area contributed by atoms with Gasteiger partial charge in [-0.3, -0.25) is 10.1 Å². The molecule has 0 aliphatic heterocycles. The minimum atomic E-state index is -0.573. The number of nitrogens with zero attached hydrogens (tertiary/aromatic N) is 1. The highest BCUT2D eigenvalue weighted by molar-refractivity contribution is 6.35. The molecule has 5 nitrogen and oxygen atoms in total. The maximum atomic E-state index is 10.7. The molecule has 1 aromatic heterocycles. The van der Waals surface area contributed by atoms with Crippen molar-refractivity contribution in [3.63, 3.8) is 0 Å². The summed E-state index contributed by atoms with van der Waals surface area (Å²) in [5, 5.41) is 14.9. The summed E-state index contributed by atoms with van der Waals surface area (Å²) in [5.74, 6) is 0.135. The van der Waals surface area contributed by atoms with E-state index in [1.165, 1.54) is 6.07 Å². The summed E-state index contributed by atoms with van der Waals surface area (Å²) in [4.78, 5) is 10.1. The van der Waals surface area contributed by atoms with Gasteiger partial charge in [0.1, 0.15) is 10.7 Å². The average molecular weight is 315 g/mol. The van der Waals surface area contributed by atoms with E-state index in [4.69, 9.17) is 27.6 Å². The molecule has 0 aliphatic carbocycles. The molecule has 1 unspecified atom stereocenters. The van der Waals surface area contributed by atoms with E-state index in [-0.39, 0.29) is 11.9 Å². The molecule has 2 rings (SSSR count). The number of nitro groups is 1. The highest BCUT2D eigenvalue weighted by Crippen LogP contribution is 2.32. The minimum Gasteiger partial charge on any atom is -0.404 e. The lowest BCUT2D eigenvalue weighted by Crippen LogP contribution is -2.21. The van der Waals surface area contributed by atoms with Crippen LogP contribution >= 0.6 is 23.2 Å². The Morgan fingerprint density at radius 2 is 2.10 bits per heavy atom. The monoisotopic (exact) mass is 314 g/mol. The number of benzene rings is 1. The van der Waals surface area contributed by atoms with E-state index in [0.29, 0.717) is 22.4 Å². The van der Waals surface area contributed by atoms with Crippen molar-refractivity contribution in [2.24, 2.45) is 0 Å². The summed E-state index contributed by atoms with van der Waals surface area (Å²) in [5.41, 5.74) is 0.752. The van der Waals surface area contributed by atoms with Crippen molar-refractivity contribution in [1.82, 2.24) is 5.32 Å². The van der Waals surface area contributed by atoms with E-state index in [1.54, 1.807) is 24.3 Å². The van der Waals surface area contributed by atoms with Crippen LogP contribution in [0.2, 0.25) is 10.0 Å². The largest absolute Gasteiger partial charge is 0.433 e. The first-order valence-electron chi connectivity index (χ1n) is 5.95. The summed E-state index contributed by atoms with van der Waals surface area (Å²) < 4.78 is 5.25. The molecule has 0 amide bonds. The van der Waals surface area contributed by atoms with Gasteiger partial charge < -0.3 is 9.73 Å². The Bertz CT molecular complexity index is 628. The van der Waals surface area contributed by atoms with Gasteiger partial charge in [-0.05, 0) is 30.3 Å². The second-order valence-electron chi connectivity index (χ2n) is 4.09. The van der Waals surface area contributed by atoms with Gasteiger partial charge >= 0.3 is 5.88 Å². The predicted molar refractivity (Wildman–Crippen MR) is 77.3 cm³/mol. The van der Waals surface area contributed by atoms with Gasteiger partial charge in [-0.1, -0.05) is 36.2 Å². The third kappa shape index (κ3) is 3.12. The van der Waals surface area contributed by atoms with E-state index < -0.39 is 4.92 Å². The lowest BCUT2D eigenvalue weighted by atomic mass is 10.0. The number of nitrogens with one attached hydrogen (secondary N) is 1. The number of furan rings is 1. The van der Waals surface area contributed by atoms with Gasteiger partial charge in [-0.2, -0.15) is 0 Å². The van der Waals surface area contributed by atoms with Crippen molar-refractivity contribution in [2.45, 2.75) is 13.0 Å². The van der Waals surface area contributed by atoms with Crippen LogP contribution in [-0.4, -0.2) is 11.5 Å². The summed E-state index contributed by atoms with van der Waals surface area (Å²) in [6, 6.07) is 7.63. The highest BCUT2D eigenvalue weighted by Gasteiger charge is 2.22. The van der Waals surface area contributed by atoms with Crippen LogP contribution < -0.4 is 5.32 Å². The maximum absolute atomic E-state index is 10.7. The van der Waals surface area contributed by atoms with Crippen molar-refractivity contribution in [1.29, 1.82) is 0 Å². The Labute approximate surface area is 125 Å². The van der Waals surface area contributed by atoms with Crippen LogP contribution in [0.25, 0.3) is 0 Å². The van der Waals surface area contributed by atoms with E-state index in [2.05, 4.69) is 5.32 Å². The fourth-order valence-corrected chi connectivity index (χ4v) is 2.42. The number of halogens is 2. The Balaban J connectivity index is 2.41. The van der Waals surface area contributed by atoms with Gasteiger partial charge in [0.15, 0.2) is 0 Å². The molecule has 7 heteroatoms. The Morgan fingerprint density at radius 1 is 1.35 bits per heavy atom. The van der Waals surface area contributed by atoms with Crippen LogP contribution in [0.3, 0.4) is 0 Å². The molecular formula is C13H12Cl2N2O3. The van der Waals surface area contributed by atoms with Crippen LogP contribution in [0, 0.1) is 10.1 Å². The van der Waals surface area contributed by atoms with E-state index in [1.807, 2.05) is 6.92 Å². The summed E-state index contributed by atoms with van der Waals surface area (Å²) in [7, 11) is 0. The van der Waals surface area contributed by atoms with E-state index in [9.17, 15) is 10.1 Å². The van der Waals surface area contributed by atoms with Gasteiger partial charge in [0.05, 0.1) is 12.1 Å². The molecule has 0 bridgehead atoms. The zero-order chi connectivity index (χ0) is 14.7. The molecule has 1 N–H and O–H groups in total. The van der Waals surface area contributed by atoms with Crippen molar-refractivity contribution in [2.75, 3.05) is 6.54 Å². The molecule has 0 saturated carbocycles. The van der Waals surface area contributed by atoms with Crippen molar-refractivity contribution in [3.05, 3.63) is 61.8 Å². The third-order valence-electron chi connectivity index (χ3n) is 2.76. The standard InChI is InChI=1S/C13H12Cl2N2O3/c1-2-16-13(9-4-3-8(14)7-10(9)15)11-5-6-12(20-11)17(18)19/h3-7,13,16H,2H2,1H3. The fourth-order valence-electron chi connectivity index (χ4n) is 1.90. The molecule has 2 aromatic rings. The van der Waals surface area contributed by atoms with Crippen LogP contribution in [0.4, 0.5) is 5.88 Å². The smallest absolute Gasteiger partial charge is 0.404 e. The third-order valence-corrected chi connectivity index (χ3v) is 3.32. The Hall–Kier alpha value is -1.56. The number of rotatable bonds is 5. The van der Waals surface area contributed by atoms with E-state index in [0.717, 1.165) is 5.56 Å². The van der Waals surface area contributed by atoms with Gasteiger partial charge in [0.2, 0.25) is 0 Å². The van der Waals surface area contributed by atoms with Gasteiger partial charge in [-0.25, -0.2) is 0 Å². The number of hydrogen-bond donors (Lipinski definition) is 1. The van der Waals surface area contributed by atoms with Gasteiger partial charge in [-0.15, -0.1) is 0 Å². The fraction of sp³-hybridized carbons (Fsp3) is 0.231. The van der Waals surface area contributed by atoms with Crippen molar-refractivity contribution < 1.29 is 9.34 Å². The number of hydrogen-bond acceptors (Lipinski definition) is 4. The minimum absolute atomic E-state index is 0.298. The second kappa shape index (κ2) is 6.26. The van der Waals surface area contributed by atoms with Gasteiger partial charge in [0.25, 0.3) is 0 Å². The molecule has 20 heavy (non-hydrogen) atoms. The molecule has 1 aromatic carbocycles. The van der Waals surface area contributed by atoms with Crippen LogP contribution in [0.5, 0.6) is 0 Å². The first-order valence-corrected chi connectivity index (χ1v) is 6.71. The molecule has 0 spiro atoms. The van der Waals surface area contributed by atoms with Crippen molar-refractivity contribution in [3.8, 4) is 0 Å². The molecule has 1 atom stereocenters. The molecule has 1 heterocycles. The van der Waals surface area contributed by atoms with Crippen molar-refractivity contribution >= 4 is 29.1 Å². The highest BCUT2D eigenvalue weighted by atomic mass is 35.5. The zero-order valence-electron chi connectivity index (χ0n) is 10.6. The molecule has 106 valence electrons. The quantitative estimate of drug-likeness (QED) is 0.663. The van der Waals surface area contributed by atoms with E-state index >= 15 is 0 Å². The lowest BCUT2D eigenvalue weighted by molar-refractivity contribution is -0.402. The SMILES string of the molecule is CCNC(c1ccc([N+](=O)[O-])o1)c1ccc(Cl)cc1Cl. The first-order chi connectivity index (χ1) is 9.52. The van der Waals surface area contributed by atoms with Crippen LogP contribution in [-0.2, 0) is 0 Å². The molecule has 0 fully saturated rings. The molecule has 0 aliphatic rings. The maximum Gasteiger partial charge on any atom is 0.433 e. The Kier molecular flexibility index (Phi) is 4.65. The molecular weight excluding hydrogens is 303 g/mol. The zero-order valence-corrected chi connectivity index (χ0v) is 12.1. The Morgan fingerprint density at radius 3 is 2.65 bits per heavy atom. The second-order valence-corrected chi connectivity index (χ2v) is 4.93. The van der Waals surface area contributed by atoms with Crippen LogP contribution in [0.15, 0.2) is 34.7 Å². The summed E-state index contributed by atoms with van der Waals surface area (Å²) in [6.07, 6.45) is 0.